The Kier molecular flexibility index (Phi) is 5.94. The Morgan fingerprint density at radius 2 is 2.00 bits per heavy atom. The number of allylic oxidation sites excluding steroid dienone is 1. The van der Waals surface area contributed by atoms with Crippen molar-refractivity contribution >= 4 is 23.5 Å². The summed E-state index contributed by atoms with van der Waals surface area (Å²) in [5.41, 5.74) is -4.62. The van der Waals surface area contributed by atoms with Crippen molar-refractivity contribution in [2.24, 2.45) is 5.41 Å². The molecule has 0 amide bonds. The van der Waals surface area contributed by atoms with Gasteiger partial charge in [0.25, 0.3) is 0 Å². The number of nitriles is 1. The van der Waals surface area contributed by atoms with Crippen LogP contribution in [-0.2, 0) is 9.59 Å². The number of aliphatic carboxylic acids is 2. The maximum absolute atomic E-state index is 13.6. The molecule has 0 bridgehead atoms. The summed E-state index contributed by atoms with van der Waals surface area (Å²) in [6.07, 6.45) is -5.69. The van der Waals surface area contributed by atoms with Gasteiger partial charge in [-0.25, -0.2) is 4.79 Å². The quantitative estimate of drug-likeness (QED) is 0.675. The zero-order valence-corrected chi connectivity index (χ0v) is 15.3. The number of nitrogens with one attached hydrogen (secondary N) is 1. The second-order valence-corrected chi connectivity index (χ2v) is 6.89. The first kappa shape index (κ1) is 21.6. The lowest BCUT2D eigenvalue weighted by Crippen LogP contribution is -2.58. The summed E-state index contributed by atoms with van der Waals surface area (Å²) in [5.74, 6) is -5.09. The normalized spacial score (nSPS) is 25.0. The zero-order chi connectivity index (χ0) is 21.3. The van der Waals surface area contributed by atoms with Crippen molar-refractivity contribution in [1.82, 2.24) is 5.32 Å². The Morgan fingerprint density at radius 3 is 2.46 bits per heavy atom. The van der Waals surface area contributed by atoms with Gasteiger partial charge in [0, 0.05) is 23.4 Å². The Bertz CT molecular complexity index is 878. The number of halogens is 4. The van der Waals surface area contributed by atoms with Crippen molar-refractivity contribution in [1.29, 1.82) is 5.26 Å². The van der Waals surface area contributed by atoms with Crippen LogP contribution in [0.15, 0.2) is 35.5 Å². The minimum absolute atomic E-state index is 0.0142. The number of rotatable bonds is 5. The van der Waals surface area contributed by atoms with Gasteiger partial charge in [0.15, 0.2) is 0 Å². The molecule has 0 saturated heterocycles. The fourth-order valence-corrected chi connectivity index (χ4v) is 3.93. The number of hydrogen-bond acceptors (Lipinski definition) is 4. The molecule has 3 N–H and O–H groups in total. The number of carboxylic acid groups (broad SMARTS) is 2. The number of carbonyl (C=O) groups is 2. The first-order chi connectivity index (χ1) is 13.0. The topological polar surface area (TPSA) is 110 Å². The van der Waals surface area contributed by atoms with Gasteiger partial charge in [-0.1, -0.05) is 23.7 Å². The van der Waals surface area contributed by atoms with Crippen LogP contribution in [0.3, 0.4) is 0 Å². The van der Waals surface area contributed by atoms with Crippen molar-refractivity contribution in [3.63, 3.8) is 0 Å². The zero-order valence-electron chi connectivity index (χ0n) is 14.5. The van der Waals surface area contributed by atoms with Gasteiger partial charge < -0.3 is 15.5 Å². The highest BCUT2D eigenvalue weighted by Gasteiger charge is 2.59. The predicted molar refractivity (Wildman–Crippen MR) is 92.4 cm³/mol. The van der Waals surface area contributed by atoms with Gasteiger partial charge in [0.1, 0.15) is 5.70 Å². The SMILES string of the molecule is CC1NC(C(F)(F)F)=C(C(=O)O)C(c2cccc(Cl)c2)C1(CCC#N)C(=O)O. The summed E-state index contributed by atoms with van der Waals surface area (Å²) in [5, 5.41) is 30.7. The number of nitrogens with zero attached hydrogens (tertiary/aromatic N) is 1. The Labute approximate surface area is 163 Å². The number of hydrogen-bond donors (Lipinski definition) is 3. The first-order valence-electron chi connectivity index (χ1n) is 8.13. The molecule has 0 fully saturated rings. The third kappa shape index (κ3) is 3.64. The van der Waals surface area contributed by atoms with Crippen molar-refractivity contribution in [3.05, 3.63) is 46.1 Å². The van der Waals surface area contributed by atoms with Crippen molar-refractivity contribution in [2.75, 3.05) is 0 Å². The highest BCUT2D eigenvalue weighted by Crippen LogP contribution is 2.53. The maximum Gasteiger partial charge on any atom is 0.431 e. The number of benzene rings is 1. The molecule has 1 aliphatic heterocycles. The molecule has 28 heavy (non-hydrogen) atoms. The molecule has 6 nitrogen and oxygen atoms in total. The van der Waals surface area contributed by atoms with E-state index in [2.05, 4.69) is 0 Å². The summed E-state index contributed by atoms with van der Waals surface area (Å²) in [7, 11) is 0. The molecule has 0 aliphatic carbocycles. The second-order valence-electron chi connectivity index (χ2n) is 6.45. The van der Waals surface area contributed by atoms with Crippen molar-refractivity contribution in [3.8, 4) is 6.07 Å². The molecule has 1 aromatic carbocycles. The van der Waals surface area contributed by atoms with Crippen molar-refractivity contribution < 1.29 is 33.0 Å². The van der Waals surface area contributed by atoms with Crippen LogP contribution >= 0.6 is 11.6 Å². The lowest BCUT2D eigenvalue weighted by Gasteiger charge is -2.47. The van der Waals surface area contributed by atoms with Gasteiger partial charge in [-0.15, -0.1) is 0 Å². The molecule has 0 radical (unpaired) electrons. The molecule has 0 saturated carbocycles. The molecular formula is C18H16ClF3N2O4. The van der Waals surface area contributed by atoms with E-state index in [0.29, 0.717) is 0 Å². The fourth-order valence-electron chi connectivity index (χ4n) is 3.73. The third-order valence-corrected chi connectivity index (χ3v) is 5.19. The van der Waals surface area contributed by atoms with Gasteiger partial charge in [-0.3, -0.25) is 4.79 Å². The van der Waals surface area contributed by atoms with E-state index in [-0.39, 0.29) is 23.4 Å². The highest BCUT2D eigenvalue weighted by molar-refractivity contribution is 6.30. The van der Waals surface area contributed by atoms with Crippen LogP contribution in [0.25, 0.3) is 0 Å². The van der Waals surface area contributed by atoms with Crippen LogP contribution in [0.1, 0.15) is 31.2 Å². The van der Waals surface area contributed by atoms with Crippen molar-refractivity contribution in [2.45, 2.75) is 37.9 Å². The molecule has 1 aliphatic rings. The molecule has 10 heteroatoms. The summed E-state index contributed by atoms with van der Waals surface area (Å²) in [6.45, 7) is 1.23. The second kappa shape index (κ2) is 7.72. The fraction of sp³-hybridized carbons (Fsp3) is 0.389. The molecule has 1 aromatic rings. The van der Waals surface area contributed by atoms with Gasteiger partial charge in [0.05, 0.1) is 17.1 Å². The van der Waals surface area contributed by atoms with E-state index in [1.165, 1.54) is 31.2 Å². The molecular weight excluding hydrogens is 401 g/mol. The smallest absolute Gasteiger partial charge is 0.431 e. The summed E-state index contributed by atoms with van der Waals surface area (Å²) >= 11 is 5.93. The van der Waals surface area contributed by atoms with Gasteiger partial charge in [0.2, 0.25) is 0 Å². The van der Waals surface area contributed by atoms with Crippen LogP contribution in [0.4, 0.5) is 13.2 Å². The molecule has 150 valence electrons. The Morgan fingerprint density at radius 1 is 1.36 bits per heavy atom. The minimum Gasteiger partial charge on any atom is -0.481 e. The van der Waals surface area contributed by atoms with Gasteiger partial charge in [-0.2, -0.15) is 18.4 Å². The standard InChI is InChI=1S/C18H16ClF3N2O4/c1-9-17(16(27)28,6-3-7-23)13(10-4-2-5-11(19)8-10)12(15(25)26)14(24-9)18(20,21)22/h2,4-5,8-9,13,24H,3,6H2,1H3,(H,25,26)(H,27,28). The summed E-state index contributed by atoms with van der Waals surface area (Å²) in [4.78, 5) is 24.2. The van der Waals surface area contributed by atoms with E-state index in [1.54, 1.807) is 6.07 Å². The van der Waals surface area contributed by atoms with E-state index < -0.39 is 46.8 Å². The van der Waals surface area contributed by atoms with E-state index in [1.807, 2.05) is 5.32 Å². The Balaban J connectivity index is 2.93. The average molecular weight is 417 g/mol. The lowest BCUT2D eigenvalue weighted by atomic mass is 9.60. The average Bonchev–Trinajstić information content (AvgIpc) is 2.58. The monoisotopic (exact) mass is 416 g/mol. The summed E-state index contributed by atoms with van der Waals surface area (Å²) in [6, 6.07) is 5.86. The van der Waals surface area contributed by atoms with Crippen LogP contribution in [-0.4, -0.2) is 34.4 Å². The van der Waals surface area contributed by atoms with Crippen LogP contribution in [0.5, 0.6) is 0 Å². The van der Waals surface area contributed by atoms with Crippen LogP contribution < -0.4 is 5.32 Å². The highest BCUT2D eigenvalue weighted by atomic mass is 35.5. The van der Waals surface area contributed by atoms with E-state index in [9.17, 15) is 33.0 Å². The first-order valence-corrected chi connectivity index (χ1v) is 8.51. The van der Waals surface area contributed by atoms with Crippen LogP contribution in [0, 0.1) is 16.7 Å². The molecule has 3 unspecified atom stereocenters. The molecule has 0 spiro atoms. The molecule has 1 heterocycles. The molecule has 0 aromatic heterocycles. The molecule has 3 atom stereocenters. The maximum atomic E-state index is 13.6. The van der Waals surface area contributed by atoms with Gasteiger partial charge >= 0.3 is 18.1 Å². The van der Waals surface area contributed by atoms with E-state index >= 15 is 0 Å². The largest absolute Gasteiger partial charge is 0.481 e. The van der Waals surface area contributed by atoms with Crippen LogP contribution in [0.2, 0.25) is 5.02 Å². The number of alkyl halides is 3. The summed E-state index contributed by atoms with van der Waals surface area (Å²) < 4.78 is 40.8. The van der Waals surface area contributed by atoms with E-state index in [4.69, 9.17) is 16.9 Å². The third-order valence-electron chi connectivity index (χ3n) is 4.95. The predicted octanol–water partition coefficient (Wildman–Crippen LogP) is 3.69. The lowest BCUT2D eigenvalue weighted by molar-refractivity contribution is -0.156. The van der Waals surface area contributed by atoms with Gasteiger partial charge in [-0.05, 0) is 31.0 Å². The number of carboxylic acids is 2. The molecule has 2 rings (SSSR count). The minimum atomic E-state index is -5.04. The Hall–Kier alpha value is -2.73. The van der Waals surface area contributed by atoms with E-state index in [0.717, 1.165) is 0 Å².